The fraction of sp³-hybridized carbons (Fsp3) is 0.333. The van der Waals surface area contributed by atoms with Crippen molar-refractivity contribution in [2.75, 3.05) is 6.54 Å². The van der Waals surface area contributed by atoms with E-state index in [2.05, 4.69) is 10.3 Å². The number of amides is 1. The predicted octanol–water partition coefficient (Wildman–Crippen LogP) is 2.56. The second-order valence-corrected chi connectivity index (χ2v) is 5.95. The number of hydrogen-bond donors (Lipinski definition) is 2. The van der Waals surface area contributed by atoms with Crippen molar-refractivity contribution in [3.8, 4) is 10.6 Å². The Balaban J connectivity index is 2.00. The van der Waals surface area contributed by atoms with Gasteiger partial charge in [-0.25, -0.2) is 4.98 Å². The summed E-state index contributed by atoms with van der Waals surface area (Å²) >= 11 is 1.35. The van der Waals surface area contributed by atoms with Crippen LogP contribution < -0.4 is 5.32 Å². The summed E-state index contributed by atoms with van der Waals surface area (Å²) in [5.74, 6) is -0.0685. The SMILES string of the molecule is CC(C)C(O)CNC(=O)c1cnc(-c2ccccc2)s1. The van der Waals surface area contributed by atoms with Crippen LogP contribution in [0.3, 0.4) is 0 Å². The molecule has 0 saturated carbocycles. The molecule has 1 unspecified atom stereocenters. The van der Waals surface area contributed by atoms with E-state index in [-0.39, 0.29) is 18.4 Å². The van der Waals surface area contributed by atoms with Gasteiger partial charge in [0.05, 0.1) is 12.3 Å². The van der Waals surface area contributed by atoms with Crippen LogP contribution in [0.15, 0.2) is 36.5 Å². The van der Waals surface area contributed by atoms with Crippen LogP contribution in [0.25, 0.3) is 10.6 Å². The highest BCUT2D eigenvalue weighted by atomic mass is 32.1. The summed E-state index contributed by atoms with van der Waals surface area (Å²) < 4.78 is 0. The third-order valence-corrected chi connectivity index (χ3v) is 4.04. The van der Waals surface area contributed by atoms with E-state index in [1.807, 2.05) is 44.2 Å². The Labute approximate surface area is 122 Å². The lowest BCUT2D eigenvalue weighted by Crippen LogP contribution is -2.34. The van der Waals surface area contributed by atoms with E-state index in [1.165, 1.54) is 11.3 Å². The van der Waals surface area contributed by atoms with Crippen LogP contribution in [0.4, 0.5) is 0 Å². The van der Waals surface area contributed by atoms with Gasteiger partial charge in [0, 0.05) is 12.1 Å². The maximum Gasteiger partial charge on any atom is 0.263 e. The first-order chi connectivity index (χ1) is 9.58. The molecule has 5 heteroatoms. The number of nitrogens with zero attached hydrogens (tertiary/aromatic N) is 1. The molecule has 0 saturated heterocycles. The third-order valence-electron chi connectivity index (χ3n) is 2.99. The number of nitrogens with one attached hydrogen (secondary N) is 1. The highest BCUT2D eigenvalue weighted by Gasteiger charge is 2.14. The molecule has 2 aromatic rings. The van der Waals surface area contributed by atoms with Gasteiger partial charge in [-0.2, -0.15) is 0 Å². The zero-order valence-corrected chi connectivity index (χ0v) is 12.4. The molecular formula is C15H18N2O2S. The van der Waals surface area contributed by atoms with Gasteiger partial charge in [-0.1, -0.05) is 44.2 Å². The molecular weight excluding hydrogens is 272 g/mol. The Hall–Kier alpha value is -1.72. The first-order valence-corrected chi connectivity index (χ1v) is 7.37. The topological polar surface area (TPSA) is 62.2 Å². The van der Waals surface area contributed by atoms with Gasteiger partial charge in [0.25, 0.3) is 5.91 Å². The lowest BCUT2D eigenvalue weighted by Gasteiger charge is -2.14. The molecule has 1 atom stereocenters. The van der Waals surface area contributed by atoms with Gasteiger partial charge in [0.1, 0.15) is 9.88 Å². The number of benzene rings is 1. The fourth-order valence-electron chi connectivity index (χ4n) is 1.61. The summed E-state index contributed by atoms with van der Waals surface area (Å²) in [5.41, 5.74) is 0.999. The number of hydrogen-bond acceptors (Lipinski definition) is 4. The minimum absolute atomic E-state index is 0.122. The molecule has 0 aliphatic carbocycles. The summed E-state index contributed by atoms with van der Waals surface area (Å²) in [6.45, 7) is 4.09. The second-order valence-electron chi connectivity index (χ2n) is 4.92. The van der Waals surface area contributed by atoms with Crippen LogP contribution >= 0.6 is 11.3 Å². The van der Waals surface area contributed by atoms with Crippen LogP contribution in [0.1, 0.15) is 23.5 Å². The van der Waals surface area contributed by atoms with Crippen LogP contribution in [0.2, 0.25) is 0 Å². The van der Waals surface area contributed by atoms with Gasteiger partial charge in [-0.15, -0.1) is 11.3 Å². The molecule has 0 fully saturated rings. The van der Waals surface area contributed by atoms with Crippen LogP contribution in [-0.4, -0.2) is 28.6 Å². The van der Waals surface area contributed by atoms with Crippen molar-refractivity contribution in [2.24, 2.45) is 5.92 Å². The standard InChI is InChI=1S/C15H18N2O2S/c1-10(2)12(18)8-16-14(19)13-9-17-15(20-13)11-6-4-3-5-7-11/h3-7,9-10,12,18H,8H2,1-2H3,(H,16,19). The lowest BCUT2D eigenvalue weighted by molar-refractivity contribution is 0.0875. The van der Waals surface area contributed by atoms with Crippen LogP contribution in [0, 0.1) is 5.92 Å². The van der Waals surface area contributed by atoms with Crippen molar-refractivity contribution in [1.82, 2.24) is 10.3 Å². The van der Waals surface area contributed by atoms with Gasteiger partial charge in [0.2, 0.25) is 0 Å². The summed E-state index contributed by atoms with van der Waals surface area (Å²) in [7, 11) is 0. The van der Waals surface area contributed by atoms with Crippen molar-refractivity contribution in [3.63, 3.8) is 0 Å². The molecule has 106 valence electrons. The quantitative estimate of drug-likeness (QED) is 0.889. The largest absolute Gasteiger partial charge is 0.391 e. The maximum atomic E-state index is 12.0. The lowest BCUT2D eigenvalue weighted by atomic mass is 10.1. The van der Waals surface area contributed by atoms with E-state index in [0.29, 0.717) is 4.88 Å². The highest BCUT2D eigenvalue weighted by Crippen LogP contribution is 2.24. The minimum Gasteiger partial charge on any atom is -0.391 e. The van der Waals surface area contributed by atoms with Gasteiger partial charge in [-0.05, 0) is 5.92 Å². The second kappa shape index (κ2) is 6.63. The molecule has 0 bridgehead atoms. The first kappa shape index (κ1) is 14.7. The molecule has 2 N–H and O–H groups in total. The molecule has 1 aromatic carbocycles. The van der Waals surface area contributed by atoms with Gasteiger partial charge in [0.15, 0.2) is 0 Å². The molecule has 0 aliphatic heterocycles. The van der Waals surface area contributed by atoms with E-state index in [0.717, 1.165) is 10.6 Å². The first-order valence-electron chi connectivity index (χ1n) is 6.55. The Kier molecular flexibility index (Phi) is 4.87. The molecule has 1 aromatic heterocycles. The maximum absolute atomic E-state index is 12.0. The van der Waals surface area contributed by atoms with Crippen molar-refractivity contribution in [3.05, 3.63) is 41.4 Å². The van der Waals surface area contributed by atoms with Crippen molar-refractivity contribution >= 4 is 17.2 Å². The number of aromatic nitrogens is 1. The molecule has 20 heavy (non-hydrogen) atoms. The van der Waals surface area contributed by atoms with E-state index >= 15 is 0 Å². The molecule has 0 aliphatic rings. The predicted molar refractivity (Wildman–Crippen MR) is 80.7 cm³/mol. The summed E-state index contributed by atoms with van der Waals surface area (Å²) in [6.07, 6.45) is 1.05. The number of thiazole rings is 1. The Morgan fingerprint density at radius 3 is 2.70 bits per heavy atom. The summed E-state index contributed by atoms with van der Waals surface area (Å²) in [5, 5.41) is 13.2. The number of aliphatic hydroxyl groups is 1. The molecule has 2 rings (SSSR count). The number of carbonyl (C=O) groups excluding carboxylic acids is 1. The van der Waals surface area contributed by atoms with Gasteiger partial charge < -0.3 is 10.4 Å². The monoisotopic (exact) mass is 290 g/mol. The molecule has 1 amide bonds. The third kappa shape index (κ3) is 3.65. The van der Waals surface area contributed by atoms with Crippen LogP contribution in [-0.2, 0) is 0 Å². The van der Waals surface area contributed by atoms with Crippen molar-refractivity contribution in [2.45, 2.75) is 20.0 Å². The normalized spacial score (nSPS) is 12.4. The van der Waals surface area contributed by atoms with Gasteiger partial charge in [-0.3, -0.25) is 4.79 Å². The fourth-order valence-corrected chi connectivity index (χ4v) is 2.45. The molecule has 0 radical (unpaired) electrons. The van der Waals surface area contributed by atoms with E-state index in [4.69, 9.17) is 0 Å². The zero-order valence-electron chi connectivity index (χ0n) is 11.5. The Morgan fingerprint density at radius 1 is 1.35 bits per heavy atom. The Bertz CT molecular complexity index is 566. The van der Waals surface area contributed by atoms with E-state index < -0.39 is 6.10 Å². The minimum atomic E-state index is -0.527. The van der Waals surface area contributed by atoms with Crippen LogP contribution in [0.5, 0.6) is 0 Å². The van der Waals surface area contributed by atoms with E-state index in [9.17, 15) is 9.90 Å². The average molecular weight is 290 g/mol. The van der Waals surface area contributed by atoms with E-state index in [1.54, 1.807) is 6.20 Å². The number of rotatable bonds is 5. The number of aliphatic hydroxyl groups excluding tert-OH is 1. The highest BCUT2D eigenvalue weighted by molar-refractivity contribution is 7.16. The average Bonchev–Trinajstić information content (AvgIpc) is 2.95. The molecule has 4 nitrogen and oxygen atoms in total. The van der Waals surface area contributed by atoms with Crippen molar-refractivity contribution in [1.29, 1.82) is 0 Å². The van der Waals surface area contributed by atoms with Crippen molar-refractivity contribution < 1.29 is 9.90 Å². The smallest absolute Gasteiger partial charge is 0.263 e. The molecule has 0 spiro atoms. The van der Waals surface area contributed by atoms with Gasteiger partial charge >= 0.3 is 0 Å². The molecule has 1 heterocycles. The Morgan fingerprint density at radius 2 is 2.05 bits per heavy atom. The zero-order chi connectivity index (χ0) is 14.5. The summed E-state index contributed by atoms with van der Waals surface area (Å²) in [6, 6.07) is 9.75. The number of carbonyl (C=O) groups is 1. The summed E-state index contributed by atoms with van der Waals surface area (Å²) in [4.78, 5) is 16.8.